The van der Waals surface area contributed by atoms with Gasteiger partial charge in [-0.3, -0.25) is 9.59 Å². The number of benzene rings is 2. The van der Waals surface area contributed by atoms with Crippen molar-refractivity contribution in [3.63, 3.8) is 0 Å². The van der Waals surface area contributed by atoms with Gasteiger partial charge in [0, 0.05) is 24.3 Å². The van der Waals surface area contributed by atoms with Gasteiger partial charge >= 0.3 is 5.97 Å². The number of carboxylic acid groups (broad SMARTS) is 1. The molecule has 0 spiro atoms. The van der Waals surface area contributed by atoms with Crippen molar-refractivity contribution in [2.24, 2.45) is 0 Å². The Kier molecular flexibility index (Phi) is 5.83. The molecular weight excluding hydrogens is 348 g/mol. The lowest BCUT2D eigenvalue weighted by Gasteiger charge is -2.27. The van der Waals surface area contributed by atoms with Crippen LogP contribution in [0.1, 0.15) is 26.3 Å². The fraction of sp³-hybridized carbons (Fsp3) is 0.250. The van der Waals surface area contributed by atoms with Gasteiger partial charge in [-0.05, 0) is 35.9 Å². The van der Waals surface area contributed by atoms with Crippen LogP contribution in [-0.2, 0) is 16.0 Å². The van der Waals surface area contributed by atoms with Crippen LogP contribution in [0.15, 0.2) is 48.5 Å². The number of hydrogen-bond acceptors (Lipinski definition) is 4. The number of morpholine rings is 1. The SMILES string of the molecule is O=C(Cc1ccc(C(=O)O)cc1)Nc1cccc(C(=O)N2CCOCC2)c1. The summed E-state index contributed by atoms with van der Waals surface area (Å²) in [6.07, 6.45) is 0.113. The van der Waals surface area contributed by atoms with E-state index in [4.69, 9.17) is 9.84 Å². The van der Waals surface area contributed by atoms with Crippen molar-refractivity contribution in [2.75, 3.05) is 31.6 Å². The lowest BCUT2D eigenvalue weighted by molar-refractivity contribution is -0.115. The molecule has 3 rings (SSSR count). The summed E-state index contributed by atoms with van der Waals surface area (Å²) in [6, 6.07) is 13.0. The highest BCUT2D eigenvalue weighted by molar-refractivity contribution is 5.97. The van der Waals surface area contributed by atoms with Gasteiger partial charge in [0.05, 0.1) is 25.2 Å². The molecule has 1 heterocycles. The van der Waals surface area contributed by atoms with Crippen LogP contribution in [0.2, 0.25) is 0 Å². The molecule has 0 radical (unpaired) electrons. The number of hydrogen-bond donors (Lipinski definition) is 2. The number of nitrogens with one attached hydrogen (secondary N) is 1. The molecule has 1 fully saturated rings. The number of carbonyl (C=O) groups excluding carboxylic acids is 2. The molecular formula is C20H20N2O5. The molecule has 0 bridgehead atoms. The summed E-state index contributed by atoms with van der Waals surface area (Å²) in [6.45, 7) is 2.18. The zero-order valence-electron chi connectivity index (χ0n) is 14.7. The number of carbonyl (C=O) groups is 3. The number of ether oxygens (including phenoxy) is 1. The molecule has 0 aliphatic carbocycles. The molecule has 1 aliphatic heterocycles. The van der Waals surface area contributed by atoms with Gasteiger partial charge in [0.2, 0.25) is 5.91 Å². The summed E-state index contributed by atoms with van der Waals surface area (Å²) in [4.78, 5) is 37.4. The van der Waals surface area contributed by atoms with E-state index >= 15 is 0 Å². The highest BCUT2D eigenvalue weighted by atomic mass is 16.5. The monoisotopic (exact) mass is 368 g/mol. The van der Waals surface area contributed by atoms with Gasteiger partial charge in [-0.1, -0.05) is 18.2 Å². The molecule has 2 aromatic carbocycles. The van der Waals surface area contributed by atoms with E-state index in [1.807, 2.05) is 0 Å². The fourth-order valence-corrected chi connectivity index (χ4v) is 2.83. The van der Waals surface area contributed by atoms with E-state index in [0.29, 0.717) is 43.1 Å². The van der Waals surface area contributed by atoms with Crippen LogP contribution in [0.25, 0.3) is 0 Å². The van der Waals surface area contributed by atoms with Gasteiger partial charge in [-0.25, -0.2) is 4.79 Å². The Balaban J connectivity index is 1.62. The Morgan fingerprint density at radius 1 is 1.00 bits per heavy atom. The van der Waals surface area contributed by atoms with Crippen molar-refractivity contribution in [3.8, 4) is 0 Å². The maximum absolute atomic E-state index is 12.5. The molecule has 0 atom stereocenters. The van der Waals surface area contributed by atoms with E-state index < -0.39 is 5.97 Å². The molecule has 0 aromatic heterocycles. The lowest BCUT2D eigenvalue weighted by Crippen LogP contribution is -2.40. The van der Waals surface area contributed by atoms with E-state index in [1.54, 1.807) is 41.3 Å². The van der Waals surface area contributed by atoms with Gasteiger partial charge in [-0.15, -0.1) is 0 Å². The van der Waals surface area contributed by atoms with Crippen molar-refractivity contribution in [2.45, 2.75) is 6.42 Å². The van der Waals surface area contributed by atoms with Crippen LogP contribution in [0.5, 0.6) is 0 Å². The average molecular weight is 368 g/mol. The molecule has 1 aliphatic rings. The second-order valence-electron chi connectivity index (χ2n) is 6.21. The maximum Gasteiger partial charge on any atom is 0.335 e. The Morgan fingerprint density at radius 3 is 2.37 bits per heavy atom. The minimum atomic E-state index is -1.01. The summed E-state index contributed by atoms with van der Waals surface area (Å²) in [5.74, 6) is -1.33. The number of nitrogens with zero attached hydrogens (tertiary/aromatic N) is 1. The fourth-order valence-electron chi connectivity index (χ4n) is 2.83. The van der Waals surface area contributed by atoms with Crippen LogP contribution in [0, 0.1) is 0 Å². The van der Waals surface area contributed by atoms with Crippen LogP contribution in [0.4, 0.5) is 5.69 Å². The van der Waals surface area contributed by atoms with E-state index in [2.05, 4.69) is 5.32 Å². The smallest absolute Gasteiger partial charge is 0.335 e. The topological polar surface area (TPSA) is 95.9 Å². The predicted octanol–water partition coefficient (Wildman–Crippen LogP) is 2.04. The first-order valence-corrected chi connectivity index (χ1v) is 8.62. The highest BCUT2D eigenvalue weighted by Gasteiger charge is 2.18. The third kappa shape index (κ3) is 4.92. The summed E-state index contributed by atoms with van der Waals surface area (Å²) in [5.41, 5.74) is 1.94. The van der Waals surface area contributed by atoms with Crippen LogP contribution in [-0.4, -0.2) is 54.1 Å². The van der Waals surface area contributed by atoms with Crippen LogP contribution >= 0.6 is 0 Å². The number of anilines is 1. The standard InChI is InChI=1S/C20H20N2O5/c23-18(12-14-4-6-15(7-5-14)20(25)26)21-17-3-1-2-16(13-17)19(24)22-8-10-27-11-9-22/h1-7,13H,8-12H2,(H,21,23)(H,25,26). The zero-order chi connectivity index (χ0) is 19.2. The summed E-state index contributed by atoms with van der Waals surface area (Å²) < 4.78 is 5.26. The lowest BCUT2D eigenvalue weighted by atomic mass is 10.1. The van der Waals surface area contributed by atoms with Gasteiger partial charge in [0.25, 0.3) is 5.91 Å². The second kappa shape index (κ2) is 8.46. The third-order valence-electron chi connectivity index (χ3n) is 4.26. The molecule has 2 N–H and O–H groups in total. The van der Waals surface area contributed by atoms with Crippen LogP contribution in [0.3, 0.4) is 0 Å². The Hall–Kier alpha value is -3.19. The molecule has 0 saturated carbocycles. The molecule has 2 aromatic rings. The van der Waals surface area contributed by atoms with E-state index in [9.17, 15) is 14.4 Å². The Bertz CT molecular complexity index is 842. The quantitative estimate of drug-likeness (QED) is 0.842. The largest absolute Gasteiger partial charge is 0.478 e. The second-order valence-corrected chi connectivity index (χ2v) is 6.21. The minimum Gasteiger partial charge on any atom is -0.478 e. The summed E-state index contributed by atoms with van der Waals surface area (Å²) in [5, 5.41) is 11.7. The van der Waals surface area contributed by atoms with Gasteiger partial charge in [0.15, 0.2) is 0 Å². The number of carboxylic acids is 1. The normalized spacial score (nSPS) is 13.9. The predicted molar refractivity (Wildman–Crippen MR) is 98.9 cm³/mol. The minimum absolute atomic E-state index is 0.0846. The number of rotatable bonds is 5. The first-order valence-electron chi connectivity index (χ1n) is 8.62. The number of amides is 2. The van der Waals surface area contributed by atoms with Crippen LogP contribution < -0.4 is 5.32 Å². The van der Waals surface area contributed by atoms with Crippen molar-refractivity contribution >= 4 is 23.5 Å². The van der Waals surface area contributed by atoms with Crippen molar-refractivity contribution < 1.29 is 24.2 Å². The third-order valence-corrected chi connectivity index (χ3v) is 4.26. The maximum atomic E-state index is 12.5. The average Bonchev–Trinajstić information content (AvgIpc) is 2.68. The van der Waals surface area contributed by atoms with E-state index in [0.717, 1.165) is 0 Å². The first kappa shape index (κ1) is 18.6. The van der Waals surface area contributed by atoms with Crippen molar-refractivity contribution in [3.05, 3.63) is 65.2 Å². The molecule has 0 unspecified atom stereocenters. The molecule has 140 valence electrons. The highest BCUT2D eigenvalue weighted by Crippen LogP contribution is 2.15. The summed E-state index contributed by atoms with van der Waals surface area (Å²) >= 11 is 0. The Morgan fingerprint density at radius 2 is 1.70 bits per heavy atom. The molecule has 2 amide bonds. The molecule has 7 heteroatoms. The van der Waals surface area contributed by atoms with Crippen molar-refractivity contribution in [1.82, 2.24) is 4.90 Å². The van der Waals surface area contributed by atoms with E-state index in [1.165, 1.54) is 12.1 Å². The zero-order valence-corrected chi connectivity index (χ0v) is 14.7. The van der Waals surface area contributed by atoms with Crippen molar-refractivity contribution in [1.29, 1.82) is 0 Å². The van der Waals surface area contributed by atoms with Gasteiger partial charge in [-0.2, -0.15) is 0 Å². The van der Waals surface area contributed by atoms with Gasteiger partial charge in [0.1, 0.15) is 0 Å². The summed E-state index contributed by atoms with van der Waals surface area (Å²) in [7, 11) is 0. The molecule has 1 saturated heterocycles. The molecule has 7 nitrogen and oxygen atoms in total. The van der Waals surface area contributed by atoms with E-state index in [-0.39, 0.29) is 23.8 Å². The Labute approximate surface area is 156 Å². The number of aromatic carboxylic acids is 1. The van der Waals surface area contributed by atoms with Gasteiger partial charge < -0.3 is 20.1 Å². The first-order chi connectivity index (χ1) is 13.0. The molecule has 27 heavy (non-hydrogen) atoms.